The number of rotatable bonds is 5. The minimum atomic E-state index is -0.260. The van der Waals surface area contributed by atoms with E-state index >= 15 is 0 Å². The largest absolute Gasteiger partial charge is 0.354 e. The first-order valence-electron chi connectivity index (χ1n) is 6.20. The Labute approximate surface area is 107 Å². The van der Waals surface area contributed by atoms with E-state index in [0.717, 1.165) is 13.1 Å². The second-order valence-electron chi connectivity index (χ2n) is 4.58. The fraction of sp³-hybridized carbons (Fsp3) is 0.615. The maximum absolute atomic E-state index is 14.1. The van der Waals surface area contributed by atoms with Crippen molar-refractivity contribution < 1.29 is 4.39 Å². The maximum Gasteiger partial charge on any atom is 0.170 e. The van der Waals surface area contributed by atoms with Crippen LogP contribution in [0.4, 0.5) is 10.2 Å². The molecule has 17 heavy (non-hydrogen) atoms. The molecule has 2 nitrogen and oxygen atoms in total. The lowest BCUT2D eigenvalue weighted by Crippen LogP contribution is -2.33. The number of alkyl halides is 1. The van der Waals surface area contributed by atoms with Crippen molar-refractivity contribution in [3.63, 3.8) is 0 Å². The summed E-state index contributed by atoms with van der Waals surface area (Å²) < 4.78 is 14.1. The van der Waals surface area contributed by atoms with Crippen molar-refractivity contribution in [1.29, 1.82) is 0 Å². The molecule has 1 aliphatic rings. The second kappa shape index (κ2) is 5.67. The second-order valence-corrected chi connectivity index (χ2v) is 4.84. The predicted molar refractivity (Wildman–Crippen MR) is 69.0 cm³/mol. The van der Waals surface area contributed by atoms with Gasteiger partial charge in [-0.1, -0.05) is 6.42 Å². The molecule has 0 saturated heterocycles. The third-order valence-corrected chi connectivity index (χ3v) is 3.77. The van der Waals surface area contributed by atoms with Gasteiger partial charge >= 0.3 is 0 Å². The van der Waals surface area contributed by atoms with Gasteiger partial charge in [0.05, 0.1) is 5.88 Å². The van der Waals surface area contributed by atoms with Gasteiger partial charge in [0.1, 0.15) is 0 Å². The summed E-state index contributed by atoms with van der Waals surface area (Å²) in [6, 6.07) is 1.64. The average molecular weight is 257 g/mol. The van der Waals surface area contributed by atoms with Gasteiger partial charge in [-0.05, 0) is 31.7 Å². The van der Waals surface area contributed by atoms with Crippen LogP contribution in [0.25, 0.3) is 0 Å². The van der Waals surface area contributed by atoms with Crippen LogP contribution in [0.5, 0.6) is 0 Å². The predicted octanol–water partition coefficient (Wildman–Crippen LogP) is 3.59. The summed E-state index contributed by atoms with van der Waals surface area (Å²) in [5.41, 5.74) is 0.531. The SMILES string of the molecule is CCN(CC1CCC1)c1nccc(CCl)c1F. The van der Waals surface area contributed by atoms with E-state index in [4.69, 9.17) is 11.6 Å². The van der Waals surface area contributed by atoms with Crippen LogP contribution in [-0.4, -0.2) is 18.1 Å². The molecule has 2 rings (SSSR count). The molecule has 0 aromatic carbocycles. The van der Waals surface area contributed by atoms with Gasteiger partial charge in [-0.15, -0.1) is 11.6 Å². The molecule has 0 aliphatic heterocycles. The molecule has 0 radical (unpaired) electrons. The molecule has 4 heteroatoms. The third kappa shape index (κ3) is 2.71. The fourth-order valence-corrected chi connectivity index (χ4v) is 2.35. The molecular formula is C13H18ClFN2. The molecule has 1 saturated carbocycles. The topological polar surface area (TPSA) is 16.1 Å². The number of nitrogens with zero attached hydrogens (tertiary/aromatic N) is 2. The van der Waals surface area contributed by atoms with E-state index in [1.54, 1.807) is 12.3 Å². The Balaban J connectivity index is 2.17. The van der Waals surface area contributed by atoms with Gasteiger partial charge < -0.3 is 4.90 Å². The zero-order chi connectivity index (χ0) is 12.3. The Hall–Kier alpha value is -0.830. The van der Waals surface area contributed by atoms with Gasteiger partial charge in [0.2, 0.25) is 0 Å². The molecular weight excluding hydrogens is 239 g/mol. The Morgan fingerprint density at radius 2 is 2.29 bits per heavy atom. The molecule has 0 N–H and O–H groups in total. The van der Waals surface area contributed by atoms with E-state index in [2.05, 4.69) is 4.98 Å². The van der Waals surface area contributed by atoms with Crippen molar-refractivity contribution in [1.82, 2.24) is 4.98 Å². The third-order valence-electron chi connectivity index (χ3n) is 3.48. The Morgan fingerprint density at radius 3 is 2.82 bits per heavy atom. The van der Waals surface area contributed by atoms with Gasteiger partial charge in [-0.3, -0.25) is 0 Å². The normalized spacial score (nSPS) is 15.7. The first kappa shape index (κ1) is 12.6. The van der Waals surface area contributed by atoms with Crippen molar-refractivity contribution in [3.05, 3.63) is 23.6 Å². The molecule has 1 aliphatic carbocycles. The summed E-state index contributed by atoms with van der Waals surface area (Å²) in [6.07, 6.45) is 5.46. The van der Waals surface area contributed by atoms with E-state index in [1.165, 1.54) is 19.3 Å². The zero-order valence-corrected chi connectivity index (χ0v) is 10.9. The van der Waals surface area contributed by atoms with Crippen LogP contribution < -0.4 is 4.90 Å². The van der Waals surface area contributed by atoms with E-state index in [9.17, 15) is 4.39 Å². The average Bonchev–Trinajstić information content (AvgIpc) is 2.29. The van der Waals surface area contributed by atoms with Crippen LogP contribution in [0, 0.1) is 11.7 Å². The number of pyridine rings is 1. The van der Waals surface area contributed by atoms with Gasteiger partial charge in [0.15, 0.2) is 11.6 Å². The van der Waals surface area contributed by atoms with Crippen LogP contribution in [0.3, 0.4) is 0 Å². The number of halogens is 2. The molecule has 1 fully saturated rings. The highest BCUT2D eigenvalue weighted by molar-refractivity contribution is 6.17. The van der Waals surface area contributed by atoms with Crippen LogP contribution in [0.15, 0.2) is 12.3 Å². The van der Waals surface area contributed by atoms with Crippen molar-refractivity contribution in [3.8, 4) is 0 Å². The first-order chi connectivity index (χ1) is 8.26. The minimum Gasteiger partial charge on any atom is -0.354 e. The number of hydrogen-bond donors (Lipinski definition) is 0. The lowest BCUT2D eigenvalue weighted by atomic mass is 9.85. The van der Waals surface area contributed by atoms with E-state index < -0.39 is 0 Å². The van der Waals surface area contributed by atoms with Gasteiger partial charge in [0, 0.05) is 24.8 Å². The van der Waals surface area contributed by atoms with Crippen molar-refractivity contribution in [2.45, 2.75) is 32.1 Å². The molecule has 1 aromatic heterocycles. The van der Waals surface area contributed by atoms with Crippen LogP contribution >= 0.6 is 11.6 Å². The summed E-state index contributed by atoms with van der Waals surface area (Å²) in [4.78, 5) is 6.18. The summed E-state index contributed by atoms with van der Waals surface area (Å²) in [6.45, 7) is 3.73. The highest BCUT2D eigenvalue weighted by Crippen LogP contribution is 2.29. The van der Waals surface area contributed by atoms with Crippen LogP contribution in [-0.2, 0) is 5.88 Å². The smallest absolute Gasteiger partial charge is 0.170 e. The van der Waals surface area contributed by atoms with Crippen LogP contribution in [0.2, 0.25) is 0 Å². The molecule has 0 unspecified atom stereocenters. The van der Waals surface area contributed by atoms with E-state index in [1.807, 2.05) is 11.8 Å². The Morgan fingerprint density at radius 1 is 1.53 bits per heavy atom. The summed E-state index contributed by atoms with van der Waals surface area (Å²) in [5.74, 6) is 1.10. The summed E-state index contributed by atoms with van der Waals surface area (Å²) in [7, 11) is 0. The fourth-order valence-electron chi connectivity index (χ4n) is 2.15. The Bertz CT molecular complexity index is 380. The lowest BCUT2D eigenvalue weighted by molar-refractivity contribution is 0.317. The molecule has 0 atom stereocenters. The van der Waals surface area contributed by atoms with Crippen LogP contribution in [0.1, 0.15) is 31.7 Å². The number of hydrogen-bond acceptors (Lipinski definition) is 2. The molecule has 94 valence electrons. The maximum atomic E-state index is 14.1. The zero-order valence-electron chi connectivity index (χ0n) is 10.1. The van der Waals surface area contributed by atoms with E-state index in [-0.39, 0.29) is 11.7 Å². The van der Waals surface area contributed by atoms with Crippen molar-refractivity contribution in [2.24, 2.45) is 5.92 Å². The quantitative estimate of drug-likeness (QED) is 0.749. The highest BCUT2D eigenvalue weighted by Gasteiger charge is 2.22. The summed E-state index contributed by atoms with van der Waals surface area (Å²) >= 11 is 5.71. The van der Waals surface area contributed by atoms with Crippen molar-refractivity contribution in [2.75, 3.05) is 18.0 Å². The van der Waals surface area contributed by atoms with Gasteiger partial charge in [-0.2, -0.15) is 0 Å². The standard InChI is InChI=1S/C13H18ClFN2/c1-2-17(9-10-4-3-5-10)13-12(15)11(8-14)6-7-16-13/h6-7,10H,2-5,8-9H2,1H3. The molecule has 0 spiro atoms. The lowest BCUT2D eigenvalue weighted by Gasteiger charge is -2.32. The summed E-state index contributed by atoms with van der Waals surface area (Å²) in [5, 5.41) is 0. The molecule has 0 amide bonds. The monoisotopic (exact) mass is 256 g/mol. The van der Waals surface area contributed by atoms with Crippen molar-refractivity contribution >= 4 is 17.4 Å². The van der Waals surface area contributed by atoms with Gasteiger partial charge in [-0.25, -0.2) is 9.37 Å². The molecule has 0 bridgehead atoms. The van der Waals surface area contributed by atoms with Gasteiger partial charge in [0.25, 0.3) is 0 Å². The Kier molecular flexibility index (Phi) is 4.21. The number of anilines is 1. The van der Waals surface area contributed by atoms with E-state index in [0.29, 0.717) is 17.3 Å². The highest BCUT2D eigenvalue weighted by atomic mass is 35.5. The molecule has 1 heterocycles. The molecule has 1 aromatic rings. The first-order valence-corrected chi connectivity index (χ1v) is 6.74. The number of aromatic nitrogens is 1. The minimum absolute atomic E-state index is 0.197.